The zero-order chi connectivity index (χ0) is 12.4. The number of nitrogens with one attached hydrogen (secondary N) is 1. The van der Waals surface area contributed by atoms with Crippen LogP contribution in [-0.2, 0) is 0 Å². The van der Waals surface area contributed by atoms with Gasteiger partial charge in [0.1, 0.15) is 22.6 Å². The van der Waals surface area contributed by atoms with E-state index in [9.17, 15) is 4.39 Å². The van der Waals surface area contributed by atoms with Gasteiger partial charge in [-0.05, 0) is 32.0 Å². The van der Waals surface area contributed by atoms with E-state index < -0.39 is 0 Å². The first-order chi connectivity index (χ1) is 8.06. The molecule has 0 aliphatic heterocycles. The molecule has 5 heteroatoms. The maximum Gasteiger partial charge on any atom is 0.138 e. The molecule has 1 N–H and O–H groups in total. The fourth-order valence-corrected chi connectivity index (χ4v) is 1.63. The lowest BCUT2D eigenvalue weighted by atomic mass is 10.3. The summed E-state index contributed by atoms with van der Waals surface area (Å²) in [5.41, 5.74) is 1.36. The first-order valence-corrected chi connectivity index (χ1v) is 5.47. The van der Waals surface area contributed by atoms with E-state index in [-0.39, 0.29) is 5.82 Å². The average Bonchev–Trinajstić information content (AvgIpc) is 2.25. The summed E-state index contributed by atoms with van der Waals surface area (Å²) in [6.45, 7) is 3.56. The summed E-state index contributed by atoms with van der Waals surface area (Å²) in [6.07, 6.45) is 0. The van der Waals surface area contributed by atoms with Crippen molar-refractivity contribution in [3.63, 3.8) is 0 Å². The maximum atomic E-state index is 13.0. The van der Waals surface area contributed by atoms with Crippen LogP contribution in [0.3, 0.4) is 0 Å². The Morgan fingerprint density at radius 2 is 2.00 bits per heavy atom. The van der Waals surface area contributed by atoms with E-state index in [0.717, 1.165) is 5.56 Å². The fraction of sp³-hybridized carbons (Fsp3) is 0.167. The van der Waals surface area contributed by atoms with E-state index in [1.807, 2.05) is 6.92 Å². The molecule has 0 spiro atoms. The number of benzene rings is 1. The zero-order valence-electron chi connectivity index (χ0n) is 9.46. The smallest absolute Gasteiger partial charge is 0.138 e. The molecule has 1 aromatic carbocycles. The summed E-state index contributed by atoms with van der Waals surface area (Å²) in [4.78, 5) is 8.26. The van der Waals surface area contributed by atoms with Crippen LogP contribution < -0.4 is 5.32 Å². The van der Waals surface area contributed by atoms with Crippen molar-refractivity contribution in [3.8, 4) is 0 Å². The first kappa shape index (κ1) is 11.8. The van der Waals surface area contributed by atoms with Crippen LogP contribution in [0.5, 0.6) is 0 Å². The standard InChI is InChI=1S/C12H11ClFN3/c1-7-11(13)15-8(2)16-12(7)17-10-5-3-4-9(14)6-10/h3-6H,1-2H3,(H,15,16,17). The molecule has 0 radical (unpaired) electrons. The van der Waals surface area contributed by atoms with E-state index >= 15 is 0 Å². The van der Waals surface area contributed by atoms with Crippen LogP contribution in [0.4, 0.5) is 15.9 Å². The molecule has 0 aliphatic carbocycles. The molecule has 0 unspecified atom stereocenters. The molecular formula is C12H11ClFN3. The Balaban J connectivity index is 2.36. The van der Waals surface area contributed by atoms with E-state index in [1.54, 1.807) is 19.1 Å². The second-order valence-corrected chi connectivity index (χ2v) is 4.03. The number of anilines is 2. The third-order valence-corrected chi connectivity index (χ3v) is 2.65. The number of nitrogens with zero attached hydrogens (tertiary/aromatic N) is 2. The van der Waals surface area contributed by atoms with Crippen LogP contribution in [0.25, 0.3) is 0 Å². The van der Waals surface area contributed by atoms with Crippen molar-refractivity contribution in [2.75, 3.05) is 5.32 Å². The third kappa shape index (κ3) is 2.71. The minimum Gasteiger partial charge on any atom is -0.340 e. The molecule has 2 rings (SSSR count). The third-order valence-electron chi connectivity index (χ3n) is 2.29. The number of hydrogen-bond acceptors (Lipinski definition) is 3. The number of hydrogen-bond donors (Lipinski definition) is 1. The van der Waals surface area contributed by atoms with Gasteiger partial charge < -0.3 is 5.32 Å². The van der Waals surface area contributed by atoms with Crippen LogP contribution in [0, 0.1) is 19.7 Å². The van der Waals surface area contributed by atoms with Crippen molar-refractivity contribution in [3.05, 3.63) is 46.6 Å². The first-order valence-electron chi connectivity index (χ1n) is 5.09. The molecule has 0 saturated heterocycles. The summed E-state index contributed by atoms with van der Waals surface area (Å²) < 4.78 is 13.0. The Morgan fingerprint density at radius 1 is 1.24 bits per heavy atom. The molecule has 2 aromatic rings. The molecule has 0 amide bonds. The summed E-state index contributed by atoms with van der Waals surface area (Å²) in [7, 11) is 0. The molecule has 0 atom stereocenters. The van der Waals surface area contributed by atoms with Crippen molar-refractivity contribution >= 4 is 23.1 Å². The number of aromatic nitrogens is 2. The van der Waals surface area contributed by atoms with Gasteiger partial charge in [-0.3, -0.25) is 0 Å². The number of rotatable bonds is 2. The average molecular weight is 252 g/mol. The van der Waals surface area contributed by atoms with Crippen LogP contribution in [0.15, 0.2) is 24.3 Å². The number of aryl methyl sites for hydroxylation is 1. The van der Waals surface area contributed by atoms with Crippen molar-refractivity contribution in [2.45, 2.75) is 13.8 Å². The maximum absolute atomic E-state index is 13.0. The largest absolute Gasteiger partial charge is 0.340 e. The Labute approximate surface area is 104 Å². The Hall–Kier alpha value is -1.68. The molecule has 0 aliphatic rings. The highest BCUT2D eigenvalue weighted by Gasteiger charge is 2.07. The van der Waals surface area contributed by atoms with Crippen LogP contribution in [-0.4, -0.2) is 9.97 Å². The lowest BCUT2D eigenvalue weighted by molar-refractivity contribution is 0.628. The second kappa shape index (κ2) is 4.67. The molecule has 1 aromatic heterocycles. The summed E-state index contributed by atoms with van der Waals surface area (Å²) in [5.74, 6) is 0.858. The minimum atomic E-state index is -0.301. The van der Waals surface area contributed by atoms with Gasteiger partial charge >= 0.3 is 0 Å². The van der Waals surface area contributed by atoms with Gasteiger partial charge in [-0.25, -0.2) is 14.4 Å². The van der Waals surface area contributed by atoms with Gasteiger partial charge in [0.25, 0.3) is 0 Å². The fourth-order valence-electron chi connectivity index (χ4n) is 1.42. The van der Waals surface area contributed by atoms with E-state index in [4.69, 9.17) is 11.6 Å². The topological polar surface area (TPSA) is 37.8 Å². The summed E-state index contributed by atoms with van der Waals surface area (Å²) in [6, 6.07) is 6.16. The zero-order valence-corrected chi connectivity index (χ0v) is 10.2. The van der Waals surface area contributed by atoms with Gasteiger partial charge in [0.15, 0.2) is 0 Å². The van der Waals surface area contributed by atoms with E-state index in [1.165, 1.54) is 12.1 Å². The molecule has 0 fully saturated rings. The highest BCUT2D eigenvalue weighted by Crippen LogP contribution is 2.23. The normalized spacial score (nSPS) is 10.4. The molecule has 0 bridgehead atoms. The van der Waals surface area contributed by atoms with Gasteiger partial charge in [0.05, 0.1) is 0 Å². The monoisotopic (exact) mass is 251 g/mol. The van der Waals surface area contributed by atoms with Gasteiger partial charge in [-0.15, -0.1) is 0 Å². The van der Waals surface area contributed by atoms with Crippen molar-refractivity contribution < 1.29 is 4.39 Å². The van der Waals surface area contributed by atoms with E-state index in [0.29, 0.717) is 22.5 Å². The van der Waals surface area contributed by atoms with Gasteiger partial charge in [-0.1, -0.05) is 17.7 Å². The SMILES string of the molecule is Cc1nc(Cl)c(C)c(Nc2cccc(F)c2)n1. The summed E-state index contributed by atoms with van der Waals surface area (Å²) >= 11 is 5.95. The van der Waals surface area contributed by atoms with Crippen LogP contribution >= 0.6 is 11.6 Å². The van der Waals surface area contributed by atoms with Crippen LogP contribution in [0.1, 0.15) is 11.4 Å². The molecule has 17 heavy (non-hydrogen) atoms. The highest BCUT2D eigenvalue weighted by molar-refractivity contribution is 6.30. The van der Waals surface area contributed by atoms with E-state index in [2.05, 4.69) is 15.3 Å². The van der Waals surface area contributed by atoms with Crippen LogP contribution in [0.2, 0.25) is 5.15 Å². The van der Waals surface area contributed by atoms with Gasteiger partial charge in [0.2, 0.25) is 0 Å². The predicted octanol–water partition coefficient (Wildman–Crippen LogP) is 3.63. The van der Waals surface area contributed by atoms with Gasteiger partial charge in [0, 0.05) is 11.3 Å². The molecule has 88 valence electrons. The Kier molecular flexibility index (Phi) is 3.24. The summed E-state index contributed by atoms with van der Waals surface area (Å²) in [5, 5.41) is 3.42. The van der Waals surface area contributed by atoms with Crippen molar-refractivity contribution in [1.29, 1.82) is 0 Å². The Morgan fingerprint density at radius 3 is 2.71 bits per heavy atom. The lowest BCUT2D eigenvalue weighted by Crippen LogP contribution is -2.01. The molecular weight excluding hydrogens is 241 g/mol. The number of halogens is 2. The second-order valence-electron chi connectivity index (χ2n) is 3.67. The quantitative estimate of drug-likeness (QED) is 0.829. The lowest BCUT2D eigenvalue weighted by Gasteiger charge is -2.10. The minimum absolute atomic E-state index is 0.301. The highest BCUT2D eigenvalue weighted by atomic mass is 35.5. The van der Waals surface area contributed by atoms with Crippen molar-refractivity contribution in [1.82, 2.24) is 9.97 Å². The molecule has 0 saturated carbocycles. The predicted molar refractivity (Wildman–Crippen MR) is 66.2 cm³/mol. The molecule has 3 nitrogen and oxygen atoms in total. The van der Waals surface area contributed by atoms with Gasteiger partial charge in [-0.2, -0.15) is 0 Å². The Bertz CT molecular complexity index is 557. The molecule has 1 heterocycles. The van der Waals surface area contributed by atoms with Crippen molar-refractivity contribution in [2.24, 2.45) is 0 Å².